The number of aromatic nitrogens is 2. The summed E-state index contributed by atoms with van der Waals surface area (Å²) in [5, 5.41) is 0. The number of hydrogen-bond acceptors (Lipinski definition) is 4. The molecule has 1 rings (SSSR count). The first-order valence-electron chi connectivity index (χ1n) is 4.00. The van der Waals surface area contributed by atoms with Crippen molar-refractivity contribution in [3.8, 4) is 5.88 Å². The van der Waals surface area contributed by atoms with Crippen molar-refractivity contribution < 1.29 is 9.47 Å². The van der Waals surface area contributed by atoms with E-state index in [0.29, 0.717) is 13.2 Å². The second kappa shape index (κ2) is 5.31. The van der Waals surface area contributed by atoms with Gasteiger partial charge in [-0.05, 0) is 0 Å². The van der Waals surface area contributed by atoms with E-state index in [0.717, 1.165) is 6.42 Å². The van der Waals surface area contributed by atoms with E-state index < -0.39 is 0 Å². The molecule has 0 amide bonds. The Kier molecular flexibility index (Phi) is 3.98. The van der Waals surface area contributed by atoms with E-state index in [4.69, 9.17) is 9.47 Å². The zero-order chi connectivity index (χ0) is 9.52. The number of nitrogens with zero attached hydrogens (tertiary/aromatic N) is 1. The number of aromatic amines is 1. The highest BCUT2D eigenvalue weighted by Crippen LogP contribution is 1.94. The lowest BCUT2D eigenvalue weighted by atomic mass is 10.5. The summed E-state index contributed by atoms with van der Waals surface area (Å²) in [4.78, 5) is 17.2. The van der Waals surface area contributed by atoms with Gasteiger partial charge in [0.05, 0.1) is 6.61 Å². The monoisotopic (exact) mass is 184 g/mol. The summed E-state index contributed by atoms with van der Waals surface area (Å²) in [6.45, 7) is 1.05. The lowest BCUT2D eigenvalue weighted by molar-refractivity contribution is 0.170. The maximum absolute atomic E-state index is 11.0. The van der Waals surface area contributed by atoms with E-state index in [-0.39, 0.29) is 11.4 Å². The Morgan fingerprint density at radius 3 is 3.08 bits per heavy atom. The van der Waals surface area contributed by atoms with Gasteiger partial charge in [0.2, 0.25) is 0 Å². The van der Waals surface area contributed by atoms with Crippen LogP contribution >= 0.6 is 0 Å². The molecule has 0 saturated carbocycles. The zero-order valence-corrected chi connectivity index (χ0v) is 7.45. The summed E-state index contributed by atoms with van der Waals surface area (Å²) >= 11 is 0. The van der Waals surface area contributed by atoms with Gasteiger partial charge in [-0.25, -0.2) is 4.98 Å². The minimum Gasteiger partial charge on any atom is -0.474 e. The summed E-state index contributed by atoms with van der Waals surface area (Å²) in [6.07, 6.45) is 3.68. The largest absolute Gasteiger partial charge is 0.474 e. The quantitative estimate of drug-likeness (QED) is 0.663. The van der Waals surface area contributed by atoms with Gasteiger partial charge in [0.25, 0.3) is 5.88 Å². The van der Waals surface area contributed by atoms with Gasteiger partial charge in [-0.2, -0.15) is 0 Å². The van der Waals surface area contributed by atoms with E-state index in [9.17, 15) is 4.79 Å². The topological polar surface area (TPSA) is 64.2 Å². The Bertz CT molecular complexity index is 297. The van der Waals surface area contributed by atoms with E-state index in [1.54, 1.807) is 7.11 Å². The second-order valence-corrected chi connectivity index (χ2v) is 2.42. The molecule has 5 heteroatoms. The fourth-order valence-electron chi connectivity index (χ4n) is 0.813. The summed E-state index contributed by atoms with van der Waals surface area (Å²) in [5.74, 6) is 0.110. The molecule has 0 aromatic carbocycles. The summed E-state index contributed by atoms with van der Waals surface area (Å²) < 4.78 is 9.93. The van der Waals surface area contributed by atoms with Crippen molar-refractivity contribution in [1.82, 2.24) is 9.97 Å². The molecule has 0 radical (unpaired) electrons. The van der Waals surface area contributed by atoms with Crippen molar-refractivity contribution in [3.05, 3.63) is 22.7 Å². The van der Waals surface area contributed by atoms with Gasteiger partial charge in [0, 0.05) is 32.5 Å². The molecule has 0 spiro atoms. The molecule has 72 valence electrons. The lowest BCUT2D eigenvalue weighted by Crippen LogP contribution is -2.13. The summed E-state index contributed by atoms with van der Waals surface area (Å²) in [7, 11) is 1.62. The van der Waals surface area contributed by atoms with Gasteiger partial charge in [-0.15, -0.1) is 0 Å². The van der Waals surface area contributed by atoms with Crippen molar-refractivity contribution in [2.24, 2.45) is 0 Å². The van der Waals surface area contributed by atoms with Gasteiger partial charge in [0.1, 0.15) is 0 Å². The molecular formula is C8H12N2O3. The Labute approximate surface area is 75.7 Å². The predicted molar refractivity (Wildman–Crippen MR) is 46.8 cm³/mol. The van der Waals surface area contributed by atoms with Crippen LogP contribution < -0.4 is 10.3 Å². The lowest BCUT2D eigenvalue weighted by Gasteiger charge is -2.02. The highest BCUT2D eigenvalue weighted by Gasteiger charge is 1.99. The molecule has 1 aromatic rings. The van der Waals surface area contributed by atoms with Gasteiger partial charge in [-0.1, -0.05) is 0 Å². The van der Waals surface area contributed by atoms with Crippen LogP contribution in [0.2, 0.25) is 0 Å². The average molecular weight is 184 g/mol. The SMILES string of the molecule is COCCCOc1ncc[nH]c1=O. The van der Waals surface area contributed by atoms with Crippen LogP contribution in [0.4, 0.5) is 0 Å². The number of methoxy groups -OCH3 is 1. The summed E-state index contributed by atoms with van der Waals surface area (Å²) in [6, 6.07) is 0. The Hall–Kier alpha value is -1.36. The van der Waals surface area contributed by atoms with Gasteiger partial charge in [0.15, 0.2) is 0 Å². The van der Waals surface area contributed by atoms with Crippen molar-refractivity contribution in [2.75, 3.05) is 20.3 Å². The number of rotatable bonds is 5. The molecular weight excluding hydrogens is 172 g/mol. The molecule has 1 heterocycles. The molecule has 0 fully saturated rings. The first kappa shape index (κ1) is 9.73. The third-order valence-corrected chi connectivity index (χ3v) is 1.41. The van der Waals surface area contributed by atoms with Crippen LogP contribution in [0.5, 0.6) is 5.88 Å². The Morgan fingerprint density at radius 1 is 1.54 bits per heavy atom. The van der Waals surface area contributed by atoms with Crippen LogP contribution in [-0.4, -0.2) is 30.3 Å². The maximum atomic E-state index is 11.0. The molecule has 0 unspecified atom stereocenters. The molecule has 0 aliphatic rings. The Morgan fingerprint density at radius 2 is 2.38 bits per heavy atom. The van der Waals surface area contributed by atoms with Crippen molar-refractivity contribution in [3.63, 3.8) is 0 Å². The minimum absolute atomic E-state index is 0.110. The second-order valence-electron chi connectivity index (χ2n) is 2.42. The number of ether oxygens (including phenoxy) is 2. The van der Waals surface area contributed by atoms with Gasteiger partial charge in [-0.3, -0.25) is 4.79 Å². The molecule has 5 nitrogen and oxygen atoms in total. The fraction of sp³-hybridized carbons (Fsp3) is 0.500. The Balaban J connectivity index is 2.37. The standard InChI is InChI=1S/C8H12N2O3/c1-12-5-2-6-13-8-7(11)9-3-4-10-8/h3-4H,2,5-6H2,1H3,(H,9,11). The highest BCUT2D eigenvalue weighted by atomic mass is 16.5. The first-order chi connectivity index (χ1) is 6.34. The molecule has 0 atom stereocenters. The molecule has 0 aliphatic heterocycles. The van der Waals surface area contributed by atoms with Crippen LogP contribution in [0.3, 0.4) is 0 Å². The normalized spacial score (nSPS) is 9.92. The van der Waals surface area contributed by atoms with E-state index in [1.165, 1.54) is 12.4 Å². The van der Waals surface area contributed by atoms with Crippen LogP contribution in [0.1, 0.15) is 6.42 Å². The molecule has 1 aromatic heterocycles. The average Bonchev–Trinajstić information content (AvgIpc) is 2.15. The zero-order valence-electron chi connectivity index (χ0n) is 7.45. The van der Waals surface area contributed by atoms with E-state index in [2.05, 4.69) is 9.97 Å². The van der Waals surface area contributed by atoms with Crippen molar-refractivity contribution in [1.29, 1.82) is 0 Å². The molecule has 0 saturated heterocycles. The van der Waals surface area contributed by atoms with Gasteiger partial charge >= 0.3 is 5.56 Å². The maximum Gasteiger partial charge on any atom is 0.310 e. The third kappa shape index (κ3) is 3.25. The molecule has 1 N–H and O–H groups in total. The van der Waals surface area contributed by atoms with Crippen LogP contribution in [0.25, 0.3) is 0 Å². The van der Waals surface area contributed by atoms with Crippen molar-refractivity contribution in [2.45, 2.75) is 6.42 Å². The van der Waals surface area contributed by atoms with Crippen LogP contribution in [0, 0.1) is 0 Å². The first-order valence-corrected chi connectivity index (χ1v) is 4.00. The molecule has 13 heavy (non-hydrogen) atoms. The van der Waals surface area contributed by atoms with Crippen LogP contribution in [0.15, 0.2) is 17.2 Å². The minimum atomic E-state index is -0.306. The van der Waals surface area contributed by atoms with Crippen LogP contribution in [-0.2, 0) is 4.74 Å². The fourth-order valence-corrected chi connectivity index (χ4v) is 0.813. The number of hydrogen-bond donors (Lipinski definition) is 1. The smallest absolute Gasteiger partial charge is 0.310 e. The van der Waals surface area contributed by atoms with E-state index in [1.807, 2.05) is 0 Å². The van der Waals surface area contributed by atoms with Crippen molar-refractivity contribution >= 4 is 0 Å². The number of nitrogens with one attached hydrogen (secondary N) is 1. The predicted octanol–water partition coefficient (Wildman–Crippen LogP) is 0.185. The molecule has 0 aliphatic carbocycles. The molecule has 0 bridgehead atoms. The highest BCUT2D eigenvalue weighted by molar-refractivity contribution is 5.01. The number of H-pyrrole nitrogens is 1. The third-order valence-electron chi connectivity index (χ3n) is 1.41. The summed E-state index contributed by atoms with van der Waals surface area (Å²) in [5.41, 5.74) is -0.306. The van der Waals surface area contributed by atoms with Gasteiger partial charge < -0.3 is 14.5 Å². The van der Waals surface area contributed by atoms with E-state index >= 15 is 0 Å².